The van der Waals surface area contributed by atoms with Gasteiger partial charge in [0.15, 0.2) is 0 Å². The van der Waals surface area contributed by atoms with Crippen LogP contribution in [0.25, 0.3) is 0 Å². The van der Waals surface area contributed by atoms with Gasteiger partial charge in [0.05, 0.1) is 14.2 Å². The zero-order chi connectivity index (χ0) is 18.5. The number of carbonyl (C=O) groups is 1. The molecule has 2 atom stereocenters. The highest BCUT2D eigenvalue weighted by atomic mass is 35.5. The van der Waals surface area contributed by atoms with E-state index in [1.807, 2.05) is 18.2 Å². The van der Waals surface area contributed by atoms with Crippen molar-refractivity contribution in [1.82, 2.24) is 15.1 Å². The maximum atomic E-state index is 12.8. The van der Waals surface area contributed by atoms with E-state index in [0.717, 1.165) is 69.2 Å². The van der Waals surface area contributed by atoms with E-state index in [1.165, 1.54) is 0 Å². The number of nitrogens with zero attached hydrogens (tertiary/aromatic N) is 2. The van der Waals surface area contributed by atoms with Gasteiger partial charge in [-0.1, -0.05) is 0 Å². The van der Waals surface area contributed by atoms with Crippen molar-refractivity contribution >= 4 is 18.3 Å². The van der Waals surface area contributed by atoms with Crippen molar-refractivity contribution in [2.24, 2.45) is 5.92 Å². The first-order valence-corrected chi connectivity index (χ1v) is 9.56. The molecule has 152 valence electrons. The van der Waals surface area contributed by atoms with Gasteiger partial charge >= 0.3 is 0 Å². The van der Waals surface area contributed by atoms with E-state index < -0.39 is 0 Å². The van der Waals surface area contributed by atoms with E-state index in [0.29, 0.717) is 11.9 Å². The number of nitrogens with one attached hydrogen (secondary N) is 1. The second-order valence-electron chi connectivity index (χ2n) is 7.36. The first-order chi connectivity index (χ1) is 12.6. The first-order valence-electron chi connectivity index (χ1n) is 9.56. The number of piperazine rings is 1. The Hall–Kier alpha value is -1.50. The predicted octanol–water partition coefficient (Wildman–Crippen LogP) is 2.16. The van der Waals surface area contributed by atoms with Crippen molar-refractivity contribution in [2.75, 3.05) is 46.9 Å². The van der Waals surface area contributed by atoms with Crippen LogP contribution in [0.15, 0.2) is 18.2 Å². The smallest absolute Gasteiger partial charge is 0.225 e. The SMILES string of the molecule is COc1ccc(OC)c(CN2CCN(C(=O)[C@H]3CCN[C@@H](C)C3)CC2)c1.Cl. The lowest BCUT2D eigenvalue weighted by Crippen LogP contribution is -2.51. The van der Waals surface area contributed by atoms with Gasteiger partial charge in [-0.05, 0) is 44.5 Å². The van der Waals surface area contributed by atoms with Crippen molar-refractivity contribution in [1.29, 1.82) is 0 Å². The molecule has 0 spiro atoms. The number of rotatable bonds is 5. The number of carbonyl (C=O) groups excluding carboxylic acids is 1. The summed E-state index contributed by atoms with van der Waals surface area (Å²) in [6, 6.07) is 6.34. The molecule has 1 aromatic rings. The molecule has 2 aliphatic heterocycles. The number of methoxy groups -OCH3 is 2. The Bertz CT molecular complexity index is 620. The van der Waals surface area contributed by atoms with Crippen LogP contribution >= 0.6 is 12.4 Å². The minimum absolute atomic E-state index is 0. The molecule has 7 heteroatoms. The Morgan fingerprint density at radius 2 is 1.93 bits per heavy atom. The molecule has 0 radical (unpaired) electrons. The summed E-state index contributed by atoms with van der Waals surface area (Å²) in [6.07, 6.45) is 1.92. The molecule has 2 aliphatic rings. The lowest BCUT2D eigenvalue weighted by molar-refractivity contribution is -0.138. The molecular weight excluding hydrogens is 366 g/mol. The number of halogens is 1. The molecule has 2 fully saturated rings. The van der Waals surface area contributed by atoms with Gasteiger partial charge in [0.2, 0.25) is 5.91 Å². The summed E-state index contributed by atoms with van der Waals surface area (Å²) in [7, 11) is 3.37. The topological polar surface area (TPSA) is 54.0 Å². The van der Waals surface area contributed by atoms with E-state index >= 15 is 0 Å². The largest absolute Gasteiger partial charge is 0.497 e. The van der Waals surface area contributed by atoms with E-state index in [2.05, 4.69) is 22.0 Å². The van der Waals surface area contributed by atoms with E-state index in [1.54, 1.807) is 14.2 Å². The maximum absolute atomic E-state index is 12.8. The second kappa shape index (κ2) is 10.2. The van der Waals surface area contributed by atoms with Crippen molar-refractivity contribution in [3.05, 3.63) is 23.8 Å². The maximum Gasteiger partial charge on any atom is 0.225 e. The molecule has 0 unspecified atom stereocenters. The Balaban J connectivity index is 0.00000261. The minimum atomic E-state index is 0. The summed E-state index contributed by atoms with van der Waals surface area (Å²) in [5, 5.41) is 3.42. The summed E-state index contributed by atoms with van der Waals surface area (Å²) in [4.78, 5) is 17.2. The Morgan fingerprint density at radius 1 is 1.19 bits per heavy atom. The van der Waals surface area contributed by atoms with Crippen molar-refractivity contribution in [3.63, 3.8) is 0 Å². The van der Waals surface area contributed by atoms with Crippen LogP contribution in [0.4, 0.5) is 0 Å². The first kappa shape index (κ1) is 21.8. The van der Waals surface area contributed by atoms with Crippen LogP contribution in [0.2, 0.25) is 0 Å². The normalized spacial score (nSPS) is 23.4. The fourth-order valence-corrected chi connectivity index (χ4v) is 3.99. The van der Waals surface area contributed by atoms with Gasteiger partial charge in [0.25, 0.3) is 0 Å². The zero-order valence-corrected chi connectivity index (χ0v) is 17.4. The summed E-state index contributed by atoms with van der Waals surface area (Å²) in [6.45, 7) is 7.34. The molecule has 2 saturated heterocycles. The van der Waals surface area contributed by atoms with Crippen LogP contribution in [0.1, 0.15) is 25.3 Å². The van der Waals surface area contributed by atoms with Crippen LogP contribution in [0, 0.1) is 5.92 Å². The fourth-order valence-electron chi connectivity index (χ4n) is 3.99. The van der Waals surface area contributed by atoms with Crippen molar-refractivity contribution < 1.29 is 14.3 Å². The molecule has 6 nitrogen and oxygen atoms in total. The average molecular weight is 398 g/mol. The quantitative estimate of drug-likeness (QED) is 0.825. The van der Waals surface area contributed by atoms with Crippen molar-refractivity contribution in [2.45, 2.75) is 32.4 Å². The molecule has 27 heavy (non-hydrogen) atoms. The van der Waals surface area contributed by atoms with Crippen molar-refractivity contribution in [3.8, 4) is 11.5 Å². The monoisotopic (exact) mass is 397 g/mol. The van der Waals surface area contributed by atoms with Gasteiger partial charge in [-0.25, -0.2) is 0 Å². The number of amides is 1. The summed E-state index contributed by atoms with van der Waals surface area (Å²) in [5.74, 6) is 2.26. The third kappa shape index (κ3) is 5.50. The van der Waals surface area contributed by atoms with Crippen LogP contribution < -0.4 is 14.8 Å². The fraction of sp³-hybridized carbons (Fsp3) is 0.650. The van der Waals surface area contributed by atoms with Crippen LogP contribution in [0.3, 0.4) is 0 Å². The van der Waals surface area contributed by atoms with E-state index in [9.17, 15) is 4.79 Å². The second-order valence-corrected chi connectivity index (χ2v) is 7.36. The van der Waals surface area contributed by atoms with Gasteiger partial charge in [-0.2, -0.15) is 0 Å². The average Bonchev–Trinajstić information content (AvgIpc) is 2.68. The highest BCUT2D eigenvalue weighted by molar-refractivity contribution is 5.85. The third-order valence-electron chi connectivity index (χ3n) is 5.54. The summed E-state index contributed by atoms with van der Waals surface area (Å²) in [5.41, 5.74) is 1.12. The number of ether oxygens (including phenoxy) is 2. The number of hydrogen-bond acceptors (Lipinski definition) is 5. The van der Waals surface area contributed by atoms with Gasteiger partial charge in [-0.3, -0.25) is 9.69 Å². The molecule has 0 bridgehead atoms. The highest BCUT2D eigenvalue weighted by Gasteiger charge is 2.30. The molecule has 1 N–H and O–H groups in total. The number of benzene rings is 1. The summed E-state index contributed by atoms with van der Waals surface area (Å²) >= 11 is 0. The molecule has 3 rings (SSSR count). The Labute approximate surface area is 168 Å². The molecular formula is C20H32ClN3O3. The Kier molecular flexibility index (Phi) is 8.20. The lowest BCUT2D eigenvalue weighted by Gasteiger charge is -2.38. The molecule has 1 aromatic carbocycles. The molecule has 0 saturated carbocycles. The van der Waals surface area contributed by atoms with E-state index in [-0.39, 0.29) is 18.3 Å². The van der Waals surface area contributed by atoms with Gasteiger partial charge in [-0.15, -0.1) is 12.4 Å². The zero-order valence-electron chi connectivity index (χ0n) is 16.6. The van der Waals surface area contributed by atoms with Crippen LogP contribution in [0.5, 0.6) is 11.5 Å². The van der Waals surface area contributed by atoms with E-state index in [4.69, 9.17) is 9.47 Å². The Morgan fingerprint density at radius 3 is 2.56 bits per heavy atom. The third-order valence-corrected chi connectivity index (χ3v) is 5.54. The van der Waals surface area contributed by atoms with Gasteiger partial charge < -0.3 is 19.7 Å². The number of piperidine rings is 1. The van der Waals surface area contributed by atoms with Gasteiger partial charge in [0.1, 0.15) is 11.5 Å². The lowest BCUT2D eigenvalue weighted by atomic mass is 9.92. The van der Waals surface area contributed by atoms with Crippen LogP contribution in [-0.4, -0.2) is 68.7 Å². The predicted molar refractivity (Wildman–Crippen MR) is 109 cm³/mol. The number of hydrogen-bond donors (Lipinski definition) is 1. The molecule has 1 amide bonds. The molecule has 2 heterocycles. The molecule has 0 aromatic heterocycles. The summed E-state index contributed by atoms with van der Waals surface area (Å²) < 4.78 is 10.8. The standard InChI is InChI=1S/C20H31N3O3.ClH/c1-15-12-16(6-7-21-15)20(24)23-10-8-22(9-11-23)14-17-13-18(25-2)4-5-19(17)26-3;/h4-5,13,15-16,21H,6-12,14H2,1-3H3;1H/t15-,16-;/m0./s1. The minimum Gasteiger partial charge on any atom is -0.497 e. The van der Waals surface area contributed by atoms with Gasteiger partial charge in [0, 0.05) is 50.2 Å². The highest BCUT2D eigenvalue weighted by Crippen LogP contribution is 2.26. The molecule has 0 aliphatic carbocycles. The van der Waals surface area contributed by atoms with Crippen LogP contribution in [-0.2, 0) is 11.3 Å².